The fourth-order valence-electron chi connectivity index (χ4n) is 2.23. The SMILES string of the molecule is N[C@@H]1CCN(c2cc(-c3ccccc3)[nH]n2)C1. The van der Waals surface area contributed by atoms with Crippen LogP contribution in [0, 0.1) is 0 Å². The van der Waals surface area contributed by atoms with Crippen LogP contribution in [0.3, 0.4) is 0 Å². The van der Waals surface area contributed by atoms with E-state index in [2.05, 4.69) is 33.3 Å². The van der Waals surface area contributed by atoms with Gasteiger partial charge in [-0.05, 0) is 12.0 Å². The van der Waals surface area contributed by atoms with Crippen LogP contribution in [0.2, 0.25) is 0 Å². The van der Waals surface area contributed by atoms with Crippen molar-refractivity contribution in [3.63, 3.8) is 0 Å². The van der Waals surface area contributed by atoms with Gasteiger partial charge in [-0.25, -0.2) is 0 Å². The van der Waals surface area contributed by atoms with Gasteiger partial charge in [0.15, 0.2) is 5.82 Å². The van der Waals surface area contributed by atoms with Crippen molar-refractivity contribution < 1.29 is 0 Å². The quantitative estimate of drug-likeness (QED) is 0.821. The maximum Gasteiger partial charge on any atom is 0.151 e. The van der Waals surface area contributed by atoms with Crippen molar-refractivity contribution in [2.45, 2.75) is 12.5 Å². The van der Waals surface area contributed by atoms with E-state index >= 15 is 0 Å². The first-order valence-corrected chi connectivity index (χ1v) is 5.94. The molecule has 4 heteroatoms. The first-order chi connectivity index (χ1) is 8.33. The molecule has 0 amide bonds. The number of rotatable bonds is 2. The van der Waals surface area contributed by atoms with Gasteiger partial charge in [0.2, 0.25) is 0 Å². The Labute approximate surface area is 100 Å². The van der Waals surface area contributed by atoms with Crippen molar-refractivity contribution in [2.75, 3.05) is 18.0 Å². The van der Waals surface area contributed by atoms with E-state index in [1.54, 1.807) is 0 Å². The molecule has 0 bridgehead atoms. The van der Waals surface area contributed by atoms with Gasteiger partial charge in [0.1, 0.15) is 0 Å². The summed E-state index contributed by atoms with van der Waals surface area (Å²) >= 11 is 0. The van der Waals surface area contributed by atoms with Crippen LogP contribution < -0.4 is 10.6 Å². The van der Waals surface area contributed by atoms with Crippen molar-refractivity contribution in [1.82, 2.24) is 10.2 Å². The van der Waals surface area contributed by atoms with Crippen LogP contribution in [0.4, 0.5) is 5.82 Å². The summed E-state index contributed by atoms with van der Waals surface area (Å²) in [5.74, 6) is 0.997. The van der Waals surface area contributed by atoms with Gasteiger partial charge in [0.05, 0.1) is 5.69 Å². The average molecular weight is 228 g/mol. The lowest BCUT2D eigenvalue weighted by molar-refractivity contribution is 0.751. The number of benzene rings is 1. The van der Waals surface area contributed by atoms with Crippen LogP contribution in [0.25, 0.3) is 11.3 Å². The Morgan fingerprint density at radius 1 is 1.29 bits per heavy atom. The molecule has 1 fully saturated rings. The van der Waals surface area contributed by atoms with E-state index in [4.69, 9.17) is 5.73 Å². The number of hydrogen-bond acceptors (Lipinski definition) is 3. The van der Waals surface area contributed by atoms with E-state index < -0.39 is 0 Å². The van der Waals surface area contributed by atoms with Crippen LogP contribution in [0.5, 0.6) is 0 Å². The zero-order valence-corrected chi connectivity index (χ0v) is 9.63. The summed E-state index contributed by atoms with van der Waals surface area (Å²) in [4.78, 5) is 2.23. The lowest BCUT2D eigenvalue weighted by atomic mass is 10.1. The molecule has 0 unspecified atom stereocenters. The van der Waals surface area contributed by atoms with Crippen molar-refractivity contribution >= 4 is 5.82 Å². The molecule has 3 rings (SSSR count). The highest BCUT2D eigenvalue weighted by Crippen LogP contribution is 2.23. The third-order valence-corrected chi connectivity index (χ3v) is 3.20. The summed E-state index contributed by atoms with van der Waals surface area (Å²) in [7, 11) is 0. The van der Waals surface area contributed by atoms with Crippen LogP contribution in [-0.4, -0.2) is 29.3 Å². The summed E-state index contributed by atoms with van der Waals surface area (Å²) < 4.78 is 0. The summed E-state index contributed by atoms with van der Waals surface area (Å²) in [5.41, 5.74) is 8.12. The van der Waals surface area contributed by atoms with Crippen LogP contribution in [0.1, 0.15) is 6.42 Å². The molecule has 88 valence electrons. The van der Waals surface area contributed by atoms with Gasteiger partial charge in [-0.15, -0.1) is 0 Å². The minimum absolute atomic E-state index is 0.284. The highest BCUT2D eigenvalue weighted by Gasteiger charge is 2.21. The second kappa shape index (κ2) is 4.22. The minimum Gasteiger partial charge on any atom is -0.354 e. The maximum absolute atomic E-state index is 5.90. The van der Waals surface area contributed by atoms with Crippen molar-refractivity contribution in [3.8, 4) is 11.3 Å². The molecule has 1 aliphatic rings. The van der Waals surface area contributed by atoms with Gasteiger partial charge >= 0.3 is 0 Å². The number of nitrogens with one attached hydrogen (secondary N) is 1. The largest absolute Gasteiger partial charge is 0.354 e. The zero-order chi connectivity index (χ0) is 11.7. The average Bonchev–Trinajstić information content (AvgIpc) is 2.98. The van der Waals surface area contributed by atoms with Crippen LogP contribution >= 0.6 is 0 Å². The first-order valence-electron chi connectivity index (χ1n) is 5.94. The van der Waals surface area contributed by atoms with Gasteiger partial charge < -0.3 is 10.6 Å². The number of aromatic nitrogens is 2. The fourth-order valence-corrected chi connectivity index (χ4v) is 2.23. The second-order valence-electron chi connectivity index (χ2n) is 4.50. The molecule has 3 N–H and O–H groups in total. The monoisotopic (exact) mass is 228 g/mol. The Hall–Kier alpha value is -1.81. The predicted octanol–water partition coefficient (Wildman–Crippen LogP) is 1.61. The van der Waals surface area contributed by atoms with Crippen molar-refractivity contribution in [2.24, 2.45) is 5.73 Å². The molecular weight excluding hydrogens is 212 g/mol. The normalized spacial score (nSPS) is 19.8. The maximum atomic E-state index is 5.90. The number of anilines is 1. The lowest BCUT2D eigenvalue weighted by Crippen LogP contribution is -2.26. The zero-order valence-electron chi connectivity index (χ0n) is 9.63. The molecule has 17 heavy (non-hydrogen) atoms. The molecule has 0 aliphatic carbocycles. The molecular formula is C13H16N4. The van der Waals surface area contributed by atoms with Gasteiger partial charge in [-0.3, -0.25) is 5.10 Å². The molecule has 1 aromatic heterocycles. The Morgan fingerprint density at radius 3 is 2.82 bits per heavy atom. The van der Waals surface area contributed by atoms with Gasteiger partial charge in [0, 0.05) is 25.2 Å². The molecule has 2 aromatic rings. The van der Waals surface area contributed by atoms with Crippen molar-refractivity contribution in [1.29, 1.82) is 0 Å². The van der Waals surface area contributed by atoms with Gasteiger partial charge in [-0.2, -0.15) is 5.10 Å². The highest BCUT2D eigenvalue weighted by atomic mass is 15.3. The number of hydrogen-bond donors (Lipinski definition) is 2. The molecule has 0 saturated carbocycles. The van der Waals surface area contributed by atoms with Crippen molar-refractivity contribution in [3.05, 3.63) is 36.4 Å². The minimum atomic E-state index is 0.284. The predicted molar refractivity (Wildman–Crippen MR) is 68.8 cm³/mol. The summed E-state index contributed by atoms with van der Waals surface area (Å²) in [6, 6.07) is 12.6. The fraction of sp³-hybridized carbons (Fsp3) is 0.308. The molecule has 1 aliphatic heterocycles. The third kappa shape index (κ3) is 2.03. The summed E-state index contributed by atoms with van der Waals surface area (Å²) in [6.45, 7) is 1.90. The lowest BCUT2D eigenvalue weighted by Gasteiger charge is -2.13. The van der Waals surface area contributed by atoms with Crippen LogP contribution in [0.15, 0.2) is 36.4 Å². The Balaban J connectivity index is 1.84. The first kappa shape index (κ1) is 10.4. The van der Waals surface area contributed by atoms with Gasteiger partial charge in [0.25, 0.3) is 0 Å². The van der Waals surface area contributed by atoms with E-state index in [1.165, 1.54) is 0 Å². The molecule has 2 heterocycles. The summed E-state index contributed by atoms with van der Waals surface area (Å²) in [5, 5.41) is 7.44. The van der Waals surface area contributed by atoms with E-state index in [0.29, 0.717) is 0 Å². The molecule has 0 radical (unpaired) electrons. The van der Waals surface area contributed by atoms with Crippen LogP contribution in [-0.2, 0) is 0 Å². The standard InChI is InChI=1S/C13H16N4/c14-11-6-7-17(9-11)13-8-12(15-16-13)10-4-2-1-3-5-10/h1-5,8,11H,6-7,9,14H2,(H,15,16)/t11-/m1/s1. The third-order valence-electron chi connectivity index (χ3n) is 3.20. The van der Waals surface area contributed by atoms with E-state index in [-0.39, 0.29) is 6.04 Å². The molecule has 4 nitrogen and oxygen atoms in total. The Kier molecular flexibility index (Phi) is 2.57. The molecule has 1 atom stereocenters. The number of H-pyrrole nitrogens is 1. The highest BCUT2D eigenvalue weighted by molar-refractivity contribution is 5.63. The topological polar surface area (TPSA) is 57.9 Å². The van der Waals surface area contributed by atoms with E-state index in [1.807, 2.05) is 18.2 Å². The molecule has 1 aromatic carbocycles. The van der Waals surface area contributed by atoms with Gasteiger partial charge in [-0.1, -0.05) is 30.3 Å². The smallest absolute Gasteiger partial charge is 0.151 e. The number of nitrogens with two attached hydrogens (primary N) is 1. The Bertz CT molecular complexity index is 491. The number of aromatic amines is 1. The summed E-state index contributed by atoms with van der Waals surface area (Å²) in [6.07, 6.45) is 1.05. The molecule has 1 saturated heterocycles. The molecule has 0 spiro atoms. The second-order valence-corrected chi connectivity index (χ2v) is 4.50. The Morgan fingerprint density at radius 2 is 2.12 bits per heavy atom. The number of nitrogens with zero attached hydrogens (tertiary/aromatic N) is 2. The van der Waals surface area contributed by atoms with E-state index in [0.717, 1.165) is 36.6 Å². The van der Waals surface area contributed by atoms with E-state index in [9.17, 15) is 0 Å².